The predicted molar refractivity (Wildman–Crippen MR) is 177 cm³/mol. The van der Waals surface area contributed by atoms with Crippen LogP contribution in [-0.4, -0.2) is 59.4 Å². The molecule has 3 aromatic rings. The highest BCUT2D eigenvalue weighted by Crippen LogP contribution is 2.64. The van der Waals surface area contributed by atoms with Crippen molar-refractivity contribution in [3.8, 4) is 17.2 Å². The molecule has 2 aliphatic heterocycles. The maximum absolute atomic E-state index is 15.2. The van der Waals surface area contributed by atoms with Crippen LogP contribution in [0.1, 0.15) is 43.2 Å². The van der Waals surface area contributed by atoms with E-state index < -0.39 is 52.6 Å². The highest BCUT2D eigenvalue weighted by atomic mass is 35.5. The minimum absolute atomic E-state index is 0.0906. The fourth-order valence-corrected chi connectivity index (χ4v) is 8.75. The number of likely N-dealkylation sites (tertiary alicyclic amines) is 1. The second kappa shape index (κ2) is 12.2. The van der Waals surface area contributed by atoms with Gasteiger partial charge in [0.25, 0.3) is 11.8 Å². The number of ether oxygens (including phenoxy) is 2. The molecule has 2 saturated heterocycles. The molecule has 0 aromatic heterocycles. The van der Waals surface area contributed by atoms with E-state index >= 15 is 4.79 Å². The van der Waals surface area contributed by atoms with Gasteiger partial charge in [-0.2, -0.15) is 5.01 Å². The smallest absolute Gasteiger partial charge is 0.260 e. The minimum Gasteiger partial charge on any atom is -0.502 e. The van der Waals surface area contributed by atoms with Crippen molar-refractivity contribution in [2.75, 3.05) is 26.2 Å². The molecule has 49 heavy (non-hydrogen) atoms. The summed E-state index contributed by atoms with van der Waals surface area (Å²) in [7, 11) is 2.79. The Bertz CT molecular complexity index is 1870. The molecule has 3 fully saturated rings. The Morgan fingerprint density at radius 3 is 2.20 bits per heavy atom. The van der Waals surface area contributed by atoms with Gasteiger partial charge in [-0.3, -0.25) is 29.5 Å². The van der Waals surface area contributed by atoms with Gasteiger partial charge in [-0.25, -0.2) is 4.39 Å². The topological polar surface area (TPSA) is 125 Å². The molecule has 12 heteroatoms. The molecule has 3 aromatic carbocycles. The van der Waals surface area contributed by atoms with Gasteiger partial charge in [-0.15, -0.1) is 0 Å². The first-order chi connectivity index (χ1) is 23.6. The van der Waals surface area contributed by atoms with Crippen molar-refractivity contribution >= 4 is 40.9 Å². The summed E-state index contributed by atoms with van der Waals surface area (Å²) in [6.07, 6.45) is 2.95. The van der Waals surface area contributed by atoms with E-state index in [-0.39, 0.29) is 41.9 Å². The summed E-state index contributed by atoms with van der Waals surface area (Å²) < 4.78 is 24.9. The Morgan fingerprint density at radius 1 is 0.939 bits per heavy atom. The van der Waals surface area contributed by atoms with Crippen LogP contribution in [0.5, 0.6) is 17.2 Å². The minimum atomic E-state index is -1.58. The monoisotopic (exact) mass is 687 g/mol. The number of benzene rings is 3. The van der Waals surface area contributed by atoms with E-state index in [1.807, 2.05) is 13.0 Å². The number of phenols is 1. The third-order valence-corrected chi connectivity index (χ3v) is 10.9. The van der Waals surface area contributed by atoms with E-state index in [0.717, 1.165) is 10.6 Å². The number of anilines is 1. The zero-order chi connectivity index (χ0) is 34.8. The zero-order valence-electron chi connectivity index (χ0n) is 27.1. The van der Waals surface area contributed by atoms with Crippen molar-refractivity contribution < 1.29 is 38.1 Å². The van der Waals surface area contributed by atoms with Crippen LogP contribution in [0.15, 0.2) is 72.3 Å². The summed E-state index contributed by atoms with van der Waals surface area (Å²) in [6, 6.07) is 15.3. The molecule has 0 radical (unpaired) electrons. The van der Waals surface area contributed by atoms with Crippen LogP contribution in [0.4, 0.5) is 10.1 Å². The molecule has 0 spiro atoms. The second-order valence-corrected chi connectivity index (χ2v) is 13.4. The molecule has 0 bridgehead atoms. The van der Waals surface area contributed by atoms with Crippen molar-refractivity contribution in [1.29, 1.82) is 0 Å². The first-order valence-corrected chi connectivity index (χ1v) is 16.6. The number of rotatable bonds is 8. The lowest BCUT2D eigenvalue weighted by Gasteiger charge is -2.50. The van der Waals surface area contributed by atoms with Gasteiger partial charge in [0.15, 0.2) is 11.5 Å². The molecule has 7 rings (SSSR count). The molecule has 6 atom stereocenters. The van der Waals surface area contributed by atoms with Crippen LogP contribution < -0.4 is 14.9 Å². The SMILES string of the molecule is CCCN1C(=O)C2CC=C3C(CC4C(=O)N(Nc5ccc(F)cc5)C(=O)C4(c4ccc(Cl)cc4)C3c3cc(OC)c(O)c(OC)c3)C2C1=O. The molecule has 2 N–H and O–H groups in total. The molecular formula is C37H35ClFN3O7. The maximum atomic E-state index is 15.2. The Labute approximate surface area is 287 Å². The molecule has 1 saturated carbocycles. The number of allylic oxidation sites excluding steroid dienone is 2. The number of phenolic OH excluding ortho intramolecular Hbond substituents is 1. The average Bonchev–Trinajstić information content (AvgIpc) is 3.47. The zero-order valence-corrected chi connectivity index (χ0v) is 27.9. The number of methoxy groups -OCH3 is 2. The van der Waals surface area contributed by atoms with Crippen molar-refractivity contribution in [2.45, 2.75) is 37.5 Å². The third-order valence-electron chi connectivity index (χ3n) is 10.6. The number of hydrogen-bond donors (Lipinski definition) is 2. The Morgan fingerprint density at radius 2 is 1.59 bits per heavy atom. The Balaban J connectivity index is 1.49. The number of hydrogen-bond acceptors (Lipinski definition) is 8. The molecule has 2 heterocycles. The highest BCUT2D eigenvalue weighted by molar-refractivity contribution is 6.30. The largest absolute Gasteiger partial charge is 0.502 e. The summed E-state index contributed by atoms with van der Waals surface area (Å²) in [4.78, 5) is 58.8. The van der Waals surface area contributed by atoms with E-state index in [1.165, 1.54) is 43.4 Å². The van der Waals surface area contributed by atoms with Crippen molar-refractivity contribution in [2.24, 2.45) is 23.7 Å². The molecule has 254 valence electrons. The molecule has 4 aliphatic rings. The van der Waals surface area contributed by atoms with Crippen LogP contribution in [0.2, 0.25) is 5.02 Å². The highest BCUT2D eigenvalue weighted by Gasteiger charge is 2.70. The molecule has 10 nitrogen and oxygen atoms in total. The van der Waals surface area contributed by atoms with E-state index in [1.54, 1.807) is 36.4 Å². The van der Waals surface area contributed by atoms with E-state index in [0.29, 0.717) is 34.8 Å². The first kappa shape index (κ1) is 32.6. The van der Waals surface area contributed by atoms with Gasteiger partial charge in [0.2, 0.25) is 17.6 Å². The predicted octanol–water partition coefficient (Wildman–Crippen LogP) is 5.60. The van der Waals surface area contributed by atoms with Gasteiger partial charge in [0.1, 0.15) is 5.82 Å². The van der Waals surface area contributed by atoms with Crippen LogP contribution in [0.25, 0.3) is 0 Å². The summed E-state index contributed by atoms with van der Waals surface area (Å²) in [5.74, 6) is -5.86. The fraction of sp³-hybridized carbons (Fsp3) is 0.351. The van der Waals surface area contributed by atoms with Crippen molar-refractivity contribution in [3.05, 3.63) is 94.3 Å². The van der Waals surface area contributed by atoms with Gasteiger partial charge in [-0.1, -0.05) is 42.3 Å². The number of amides is 4. The van der Waals surface area contributed by atoms with Gasteiger partial charge in [0.05, 0.1) is 43.1 Å². The number of nitrogens with one attached hydrogen (secondary N) is 1. The van der Waals surface area contributed by atoms with E-state index in [9.17, 15) is 23.9 Å². The van der Waals surface area contributed by atoms with Gasteiger partial charge >= 0.3 is 0 Å². The van der Waals surface area contributed by atoms with Crippen molar-refractivity contribution in [1.82, 2.24) is 9.91 Å². The van der Waals surface area contributed by atoms with Gasteiger partial charge in [-0.05, 0) is 84.8 Å². The Hall–Kier alpha value is -4.90. The number of halogens is 2. The quantitative estimate of drug-likeness (QED) is 0.232. The van der Waals surface area contributed by atoms with Crippen molar-refractivity contribution in [3.63, 3.8) is 0 Å². The van der Waals surface area contributed by atoms with Crippen LogP contribution in [-0.2, 0) is 24.6 Å². The summed E-state index contributed by atoms with van der Waals surface area (Å²) >= 11 is 6.34. The standard InChI is InChI=1S/C37H35ClFN3O7/c1-4-15-41-33(44)25-14-13-24-26(30(25)35(41)46)18-27-34(45)42(40-23-11-9-22(39)10-12-23)36(47)37(27,20-5-7-21(38)8-6-20)31(24)19-16-28(48-2)32(43)29(17-19)49-3/h5-13,16-17,25-27,30-31,40,43H,4,14-15,18H2,1-3H3. The lowest BCUT2D eigenvalue weighted by atomic mass is 9.49. The molecule has 2 aliphatic carbocycles. The van der Waals surface area contributed by atoms with Crippen LogP contribution in [0, 0.1) is 29.5 Å². The lowest BCUT2D eigenvalue weighted by Crippen LogP contribution is -2.53. The van der Waals surface area contributed by atoms with E-state index in [2.05, 4.69) is 5.43 Å². The maximum Gasteiger partial charge on any atom is 0.260 e. The number of hydrazine groups is 1. The number of nitrogens with zero attached hydrogens (tertiary/aromatic N) is 2. The normalized spacial score (nSPS) is 27.4. The van der Waals surface area contributed by atoms with Gasteiger partial charge in [0, 0.05) is 17.5 Å². The number of carbonyl (C=O) groups excluding carboxylic acids is 4. The number of aromatic hydroxyl groups is 1. The van der Waals surface area contributed by atoms with Gasteiger partial charge < -0.3 is 14.6 Å². The summed E-state index contributed by atoms with van der Waals surface area (Å²) in [5, 5.41) is 12.3. The Kier molecular flexibility index (Phi) is 8.13. The second-order valence-electron chi connectivity index (χ2n) is 13.0. The fourth-order valence-electron chi connectivity index (χ4n) is 8.62. The van der Waals surface area contributed by atoms with Crippen LogP contribution in [0.3, 0.4) is 0 Å². The van der Waals surface area contributed by atoms with Crippen LogP contribution >= 0.6 is 11.6 Å². The molecule has 6 unspecified atom stereocenters. The van der Waals surface area contributed by atoms with E-state index in [4.69, 9.17) is 21.1 Å². The summed E-state index contributed by atoms with van der Waals surface area (Å²) in [6.45, 7) is 2.20. The number of carbonyl (C=O) groups is 4. The first-order valence-electron chi connectivity index (χ1n) is 16.2. The number of imide groups is 2. The lowest BCUT2D eigenvalue weighted by molar-refractivity contribution is -0.141. The molecule has 4 amide bonds. The molecular weight excluding hydrogens is 653 g/mol. The number of fused-ring (bicyclic) bond motifs is 4. The average molecular weight is 688 g/mol. The third kappa shape index (κ3) is 4.80. The summed E-state index contributed by atoms with van der Waals surface area (Å²) in [5.41, 5.74) is 3.44.